The van der Waals surface area contributed by atoms with Gasteiger partial charge in [0, 0.05) is 0 Å². The molecule has 0 heterocycles. The second kappa shape index (κ2) is 3.56. The quantitative estimate of drug-likeness (QED) is 0.277. The minimum absolute atomic E-state index is 0.672. The molecule has 0 aliphatic heterocycles. The Balaban J connectivity index is 2.95. The summed E-state index contributed by atoms with van der Waals surface area (Å²) in [5.41, 5.74) is 0. The molecule has 0 fully saturated rings. The van der Waals surface area contributed by atoms with Crippen LogP contribution in [-0.4, -0.2) is 20.6 Å². The third-order valence-electron chi connectivity index (χ3n) is 0.213. The van der Waals surface area contributed by atoms with Gasteiger partial charge in [0.25, 0.3) is 0 Å². The minimum atomic E-state index is -0.939. The molecule has 46 valence electrons. The molecule has 0 unspecified atom stereocenters. The monoisotopic (exact) mass is 217 g/mol. The van der Waals surface area contributed by atoms with Gasteiger partial charge in [-0.2, -0.15) is 0 Å². The summed E-state index contributed by atoms with van der Waals surface area (Å²) in [5.74, 6) is 0. The van der Waals surface area contributed by atoms with Crippen molar-refractivity contribution in [2.45, 2.75) is 0 Å². The van der Waals surface area contributed by atoms with Crippen molar-refractivity contribution in [3.63, 3.8) is 0 Å². The molecule has 4 nitrogen and oxygen atoms in total. The molecule has 0 saturated carbocycles. The van der Waals surface area contributed by atoms with Crippen LogP contribution in [0.1, 0.15) is 0 Å². The summed E-state index contributed by atoms with van der Waals surface area (Å²) in [6, 6.07) is 0. The summed E-state index contributed by atoms with van der Waals surface area (Å²) in [6.45, 7) is 0. The first-order valence-corrected chi connectivity index (χ1v) is 3.53. The first kappa shape index (κ1) is 7.57. The van der Waals surface area contributed by atoms with E-state index in [9.17, 15) is 10.4 Å². The number of nitrogens with zero attached hydrogens (tertiary/aromatic N) is 2. The maximum absolute atomic E-state index is 9.98. The van der Waals surface area contributed by atoms with Crippen LogP contribution in [0.3, 0.4) is 0 Å². The second-order valence-corrected chi connectivity index (χ2v) is 4.07. The number of hydrogen-bond acceptors (Lipinski definition) is 4. The molecule has 0 aliphatic rings. The molecule has 5 heteroatoms. The van der Waals surface area contributed by atoms with Crippen LogP contribution in [0.15, 0.2) is 0 Å². The van der Waals surface area contributed by atoms with Crippen molar-refractivity contribution in [2.24, 2.45) is 0 Å². The third kappa shape index (κ3) is 6.57. The van der Waals surface area contributed by atoms with Crippen molar-refractivity contribution in [3.05, 3.63) is 10.4 Å². The SMILES string of the molecule is CN([O-])[I-]N(C)[O-]. The number of hydroxylamine groups is 2. The zero-order chi connectivity index (χ0) is 5.86. The standard InChI is InChI=1S/C2H6IN2O2/c1-4(6)3-5(2)7/h1-2H3/q-3. The van der Waals surface area contributed by atoms with Crippen molar-refractivity contribution in [2.75, 3.05) is 14.1 Å². The Morgan fingerprint density at radius 1 is 1.14 bits per heavy atom. The topological polar surface area (TPSA) is 52.6 Å². The van der Waals surface area contributed by atoms with E-state index in [0.717, 1.165) is 0 Å². The molecule has 0 atom stereocenters. The van der Waals surface area contributed by atoms with Gasteiger partial charge < -0.3 is 0 Å². The van der Waals surface area contributed by atoms with Crippen LogP contribution in [0.2, 0.25) is 0 Å². The molecule has 0 aromatic heterocycles. The van der Waals surface area contributed by atoms with Gasteiger partial charge in [0.05, 0.1) is 0 Å². The van der Waals surface area contributed by atoms with Gasteiger partial charge in [-0.3, -0.25) is 0 Å². The van der Waals surface area contributed by atoms with Gasteiger partial charge in [-0.15, -0.1) is 0 Å². The first-order chi connectivity index (χ1) is 3.13. The van der Waals surface area contributed by atoms with E-state index in [-0.39, 0.29) is 0 Å². The molecule has 0 N–H and O–H groups in total. The Bertz CT molecular complexity index is 43.0. The zero-order valence-corrected chi connectivity index (χ0v) is 6.25. The van der Waals surface area contributed by atoms with Crippen LogP contribution in [0.5, 0.6) is 0 Å². The molecule has 0 aliphatic carbocycles. The van der Waals surface area contributed by atoms with Crippen LogP contribution >= 0.6 is 0 Å². The molecule has 0 bridgehead atoms. The molecular weight excluding hydrogens is 211 g/mol. The molecule has 0 rings (SSSR count). The zero-order valence-electron chi connectivity index (χ0n) is 4.09. The van der Waals surface area contributed by atoms with Gasteiger partial charge in [0.1, 0.15) is 0 Å². The van der Waals surface area contributed by atoms with Gasteiger partial charge in [0.2, 0.25) is 0 Å². The Morgan fingerprint density at radius 3 is 1.43 bits per heavy atom. The fourth-order valence-corrected chi connectivity index (χ4v) is 1.01. The van der Waals surface area contributed by atoms with E-state index in [1.807, 2.05) is 0 Å². The third-order valence-corrected chi connectivity index (χ3v) is 1.43. The van der Waals surface area contributed by atoms with E-state index in [1.54, 1.807) is 0 Å². The van der Waals surface area contributed by atoms with Crippen LogP contribution in [0.25, 0.3) is 0 Å². The summed E-state index contributed by atoms with van der Waals surface area (Å²) in [7, 11) is 2.70. The summed E-state index contributed by atoms with van der Waals surface area (Å²) in [4.78, 5) is 0. The fourth-order valence-electron chi connectivity index (χ4n) is 0.150. The molecule has 7 heavy (non-hydrogen) atoms. The second-order valence-electron chi connectivity index (χ2n) is 0.917. The van der Waals surface area contributed by atoms with Crippen LogP contribution < -0.4 is 21.8 Å². The number of halogens is 1. The maximum atomic E-state index is 9.98. The molecule has 0 amide bonds. The van der Waals surface area contributed by atoms with E-state index in [0.29, 0.717) is 6.55 Å². The van der Waals surface area contributed by atoms with Crippen molar-refractivity contribution < 1.29 is 21.8 Å². The van der Waals surface area contributed by atoms with E-state index in [1.165, 1.54) is 14.1 Å². The van der Waals surface area contributed by atoms with Crippen molar-refractivity contribution in [3.8, 4) is 0 Å². The average molecular weight is 217 g/mol. The molecule has 0 spiro atoms. The van der Waals surface area contributed by atoms with Gasteiger partial charge in [-0.25, -0.2) is 0 Å². The summed E-state index contributed by atoms with van der Waals surface area (Å²) < 4.78 is 1.34. The van der Waals surface area contributed by atoms with Crippen molar-refractivity contribution in [1.82, 2.24) is 6.55 Å². The van der Waals surface area contributed by atoms with E-state index < -0.39 is 21.8 Å². The summed E-state index contributed by atoms with van der Waals surface area (Å²) >= 11 is -0.939. The van der Waals surface area contributed by atoms with Gasteiger partial charge >= 0.3 is 52.8 Å². The molecular formula is C2H6IN2O2-3. The number of hydrogen-bond donors (Lipinski definition) is 0. The summed E-state index contributed by atoms with van der Waals surface area (Å²) in [6.07, 6.45) is 0. The number of rotatable bonds is 2. The van der Waals surface area contributed by atoms with E-state index in [4.69, 9.17) is 0 Å². The predicted octanol–water partition coefficient (Wildman–Crippen LogP) is -3.24. The molecule has 0 aromatic carbocycles. The van der Waals surface area contributed by atoms with Gasteiger partial charge in [0.15, 0.2) is 0 Å². The van der Waals surface area contributed by atoms with Gasteiger partial charge in [-0.05, 0) is 0 Å². The Hall–Kier alpha value is 0.570. The molecule has 0 saturated heterocycles. The van der Waals surface area contributed by atoms with Gasteiger partial charge in [-0.1, -0.05) is 0 Å². The van der Waals surface area contributed by atoms with Crippen molar-refractivity contribution in [1.29, 1.82) is 0 Å². The Kier molecular flexibility index (Phi) is 3.85. The predicted molar refractivity (Wildman–Crippen MR) is 22.3 cm³/mol. The van der Waals surface area contributed by atoms with E-state index >= 15 is 0 Å². The Morgan fingerprint density at radius 2 is 1.43 bits per heavy atom. The van der Waals surface area contributed by atoms with E-state index in [2.05, 4.69) is 0 Å². The van der Waals surface area contributed by atoms with Crippen LogP contribution in [0, 0.1) is 10.4 Å². The first-order valence-electron chi connectivity index (χ1n) is 1.60. The van der Waals surface area contributed by atoms with Crippen LogP contribution in [-0.2, 0) is 0 Å². The Labute approximate surface area is 53.2 Å². The normalized spacial score (nSPS) is 11.7. The fraction of sp³-hybridized carbons (Fsp3) is 1.00. The summed E-state index contributed by atoms with van der Waals surface area (Å²) in [5, 5.41) is 20.0. The average Bonchev–Trinajstić information content (AvgIpc) is 1.27. The molecule has 0 aromatic rings. The molecule has 0 radical (unpaired) electrons. The van der Waals surface area contributed by atoms with Crippen molar-refractivity contribution >= 4 is 0 Å². The van der Waals surface area contributed by atoms with Crippen LogP contribution in [0.4, 0.5) is 0 Å².